The minimum atomic E-state index is 0.0263. The molecule has 190 valence electrons. The number of allylic oxidation sites excluding steroid dienone is 3. The Morgan fingerprint density at radius 3 is 2.58 bits per heavy atom. The van der Waals surface area contributed by atoms with Gasteiger partial charge in [-0.3, -0.25) is 9.78 Å². The molecule has 0 spiro atoms. The number of imidazole rings is 1. The van der Waals surface area contributed by atoms with E-state index in [4.69, 9.17) is 4.98 Å². The summed E-state index contributed by atoms with van der Waals surface area (Å²) in [6, 6.07) is 3.82. The monoisotopic (exact) mass is 484 g/mol. The first-order chi connectivity index (χ1) is 17.3. The van der Waals surface area contributed by atoms with Crippen molar-refractivity contribution in [3.63, 3.8) is 0 Å². The summed E-state index contributed by atoms with van der Waals surface area (Å²) >= 11 is 0. The molecule has 2 aromatic heterocycles. The molecule has 6 rings (SSSR count). The van der Waals surface area contributed by atoms with Crippen LogP contribution in [0.4, 0.5) is 0 Å². The normalized spacial score (nSPS) is 35.4. The Hall–Kier alpha value is -2.69. The van der Waals surface area contributed by atoms with Crippen LogP contribution in [0.15, 0.2) is 54.8 Å². The maximum Gasteiger partial charge on any atom is 0.251 e. The van der Waals surface area contributed by atoms with Crippen molar-refractivity contribution in [3.8, 4) is 0 Å². The summed E-state index contributed by atoms with van der Waals surface area (Å²) in [4.78, 5) is 21.5. The average molecular weight is 485 g/mol. The number of amides is 1. The average Bonchev–Trinajstić information content (AvgIpc) is 3.49. The maximum atomic E-state index is 12.8. The SMILES string of the molecule is CC(C)c1cn(C2=CCC3C4CC=C5C[C@@H](NC(=O)c6ccncc6)CC[C@]5(C)C4CC[C@]23C)cn1. The summed E-state index contributed by atoms with van der Waals surface area (Å²) in [7, 11) is 0. The third kappa shape index (κ3) is 3.69. The molecule has 5 nitrogen and oxygen atoms in total. The van der Waals surface area contributed by atoms with Crippen LogP contribution in [0.3, 0.4) is 0 Å². The van der Waals surface area contributed by atoms with E-state index < -0.39 is 0 Å². The fourth-order valence-electron chi connectivity index (χ4n) is 8.27. The highest BCUT2D eigenvalue weighted by Crippen LogP contribution is 2.65. The summed E-state index contributed by atoms with van der Waals surface area (Å²) < 4.78 is 2.33. The smallest absolute Gasteiger partial charge is 0.251 e. The first-order valence-electron chi connectivity index (χ1n) is 13.9. The van der Waals surface area contributed by atoms with E-state index in [1.807, 2.05) is 6.33 Å². The zero-order chi connectivity index (χ0) is 25.1. The molecule has 0 aromatic carbocycles. The minimum absolute atomic E-state index is 0.0263. The molecule has 5 heteroatoms. The van der Waals surface area contributed by atoms with Gasteiger partial charge in [0.05, 0.1) is 12.0 Å². The van der Waals surface area contributed by atoms with Gasteiger partial charge in [-0.15, -0.1) is 0 Å². The van der Waals surface area contributed by atoms with Crippen LogP contribution >= 0.6 is 0 Å². The van der Waals surface area contributed by atoms with Gasteiger partial charge in [-0.25, -0.2) is 4.98 Å². The van der Waals surface area contributed by atoms with Crippen LogP contribution in [-0.4, -0.2) is 26.5 Å². The van der Waals surface area contributed by atoms with Crippen LogP contribution in [0.2, 0.25) is 0 Å². The van der Waals surface area contributed by atoms with Gasteiger partial charge in [-0.05, 0) is 86.2 Å². The van der Waals surface area contributed by atoms with Crippen LogP contribution in [0.5, 0.6) is 0 Å². The first kappa shape index (κ1) is 23.7. The summed E-state index contributed by atoms with van der Waals surface area (Å²) in [5.74, 6) is 2.67. The number of pyridine rings is 1. The van der Waals surface area contributed by atoms with Crippen molar-refractivity contribution >= 4 is 11.6 Å². The fourth-order valence-corrected chi connectivity index (χ4v) is 8.27. The Balaban J connectivity index is 1.19. The zero-order valence-electron chi connectivity index (χ0n) is 22.2. The second-order valence-corrected chi connectivity index (χ2v) is 12.6. The van der Waals surface area contributed by atoms with Crippen LogP contribution in [0.1, 0.15) is 94.6 Å². The Labute approximate surface area is 215 Å². The summed E-state index contributed by atoms with van der Waals surface area (Å²) in [5, 5.41) is 3.31. The van der Waals surface area contributed by atoms with Gasteiger partial charge in [0.15, 0.2) is 0 Å². The lowest BCUT2D eigenvalue weighted by atomic mass is 9.47. The zero-order valence-corrected chi connectivity index (χ0v) is 22.2. The molecule has 6 atom stereocenters. The number of hydrogen-bond donors (Lipinski definition) is 1. The number of hydrogen-bond acceptors (Lipinski definition) is 3. The molecule has 1 amide bonds. The number of carbonyl (C=O) groups excluding carboxylic acids is 1. The van der Waals surface area contributed by atoms with Crippen LogP contribution in [0.25, 0.3) is 5.70 Å². The molecule has 0 aliphatic heterocycles. The summed E-state index contributed by atoms with van der Waals surface area (Å²) in [6.45, 7) is 9.50. The van der Waals surface area contributed by atoms with Crippen LogP contribution < -0.4 is 5.32 Å². The molecule has 4 aliphatic carbocycles. The van der Waals surface area contributed by atoms with Crippen molar-refractivity contribution in [2.24, 2.45) is 28.6 Å². The lowest BCUT2D eigenvalue weighted by molar-refractivity contribution is -0.0137. The Bertz CT molecular complexity index is 1210. The molecule has 0 saturated heterocycles. The van der Waals surface area contributed by atoms with Crippen molar-refractivity contribution in [2.75, 3.05) is 0 Å². The van der Waals surface area contributed by atoms with Gasteiger partial charge < -0.3 is 9.88 Å². The Morgan fingerprint density at radius 2 is 1.83 bits per heavy atom. The molecular weight excluding hydrogens is 444 g/mol. The summed E-state index contributed by atoms with van der Waals surface area (Å²) in [6.07, 6.45) is 20.9. The highest BCUT2D eigenvalue weighted by Gasteiger charge is 2.57. The second-order valence-electron chi connectivity index (χ2n) is 12.6. The number of aromatic nitrogens is 3. The lowest BCUT2D eigenvalue weighted by Crippen LogP contribution is -2.51. The van der Waals surface area contributed by atoms with Crippen LogP contribution in [0, 0.1) is 28.6 Å². The predicted molar refractivity (Wildman–Crippen MR) is 143 cm³/mol. The fraction of sp³-hybridized carbons (Fsp3) is 0.581. The Morgan fingerprint density at radius 1 is 1.06 bits per heavy atom. The number of nitrogens with one attached hydrogen (secondary N) is 1. The third-order valence-corrected chi connectivity index (χ3v) is 10.4. The van der Waals surface area contributed by atoms with Gasteiger partial charge in [0.2, 0.25) is 0 Å². The van der Waals surface area contributed by atoms with Crippen LogP contribution in [-0.2, 0) is 0 Å². The number of nitrogens with zero attached hydrogens (tertiary/aromatic N) is 3. The number of fused-ring (bicyclic) bond motifs is 5. The van der Waals surface area contributed by atoms with Gasteiger partial charge >= 0.3 is 0 Å². The summed E-state index contributed by atoms with van der Waals surface area (Å²) in [5.41, 5.74) is 5.46. The van der Waals surface area contributed by atoms with E-state index >= 15 is 0 Å². The van der Waals surface area contributed by atoms with E-state index in [9.17, 15) is 4.79 Å². The van der Waals surface area contributed by atoms with E-state index in [0.717, 1.165) is 24.7 Å². The van der Waals surface area contributed by atoms with Gasteiger partial charge in [0.25, 0.3) is 5.91 Å². The molecular formula is C31H40N4O. The molecule has 2 aromatic rings. The van der Waals surface area contributed by atoms with Gasteiger partial charge in [0.1, 0.15) is 0 Å². The molecule has 36 heavy (non-hydrogen) atoms. The topological polar surface area (TPSA) is 59.8 Å². The standard InChI is InChI=1S/C31H40N4O/c1-20(2)27-18-35(19-33-27)28-8-7-25-24-6-5-22-17-23(34-29(36)21-11-15-32-16-12-21)9-13-30(22,3)26(24)10-14-31(25,28)4/h5,8,11-12,15-16,18-20,23-26H,6-7,9-10,13-14,17H2,1-4H3,(H,34,36)/t23-,24?,25?,26?,30-,31-/m0/s1. The maximum absolute atomic E-state index is 12.8. The van der Waals surface area contributed by atoms with E-state index in [1.165, 1.54) is 43.5 Å². The molecule has 2 heterocycles. The highest BCUT2D eigenvalue weighted by atomic mass is 16.1. The van der Waals surface area contributed by atoms with Gasteiger partial charge in [-0.2, -0.15) is 0 Å². The van der Waals surface area contributed by atoms with Crippen molar-refractivity contribution in [3.05, 3.63) is 66.0 Å². The quantitative estimate of drug-likeness (QED) is 0.497. The van der Waals surface area contributed by atoms with Gasteiger partial charge in [0, 0.05) is 41.3 Å². The van der Waals surface area contributed by atoms with Crippen molar-refractivity contribution in [1.29, 1.82) is 0 Å². The Kier molecular flexibility index (Phi) is 5.73. The molecule has 3 unspecified atom stereocenters. The second kappa shape index (κ2) is 8.71. The third-order valence-electron chi connectivity index (χ3n) is 10.4. The van der Waals surface area contributed by atoms with Gasteiger partial charge in [-0.1, -0.05) is 45.4 Å². The number of rotatable bonds is 4. The number of carbonyl (C=O) groups is 1. The molecule has 2 fully saturated rings. The molecule has 2 saturated carbocycles. The van der Waals surface area contributed by atoms with E-state index in [-0.39, 0.29) is 22.8 Å². The molecule has 1 N–H and O–H groups in total. The minimum Gasteiger partial charge on any atom is -0.349 e. The van der Waals surface area contributed by atoms with Crippen molar-refractivity contribution < 1.29 is 4.79 Å². The molecule has 4 aliphatic rings. The van der Waals surface area contributed by atoms with E-state index in [1.54, 1.807) is 30.1 Å². The molecule has 0 radical (unpaired) electrons. The lowest BCUT2D eigenvalue weighted by Gasteiger charge is -2.58. The predicted octanol–water partition coefficient (Wildman–Crippen LogP) is 6.61. The van der Waals surface area contributed by atoms with Crippen molar-refractivity contribution in [1.82, 2.24) is 19.9 Å². The van der Waals surface area contributed by atoms with E-state index in [2.05, 4.69) is 60.9 Å². The largest absolute Gasteiger partial charge is 0.349 e. The van der Waals surface area contributed by atoms with E-state index in [0.29, 0.717) is 17.4 Å². The molecule has 0 bridgehead atoms. The highest BCUT2D eigenvalue weighted by molar-refractivity contribution is 5.94. The van der Waals surface area contributed by atoms with Crippen molar-refractivity contribution in [2.45, 2.75) is 84.6 Å². The first-order valence-corrected chi connectivity index (χ1v) is 13.9.